The zero-order chi connectivity index (χ0) is 19.5. The molecule has 1 aromatic rings. The minimum atomic E-state index is -0.240. The third-order valence-electron chi connectivity index (χ3n) is 4.78. The molecule has 1 aliphatic carbocycles. The lowest BCUT2D eigenvalue weighted by atomic mass is 9.97. The Hall–Kier alpha value is -1.40. The Morgan fingerprint density at radius 2 is 1.78 bits per heavy atom. The number of carbonyl (C=O) groups excluding carboxylic acids is 1. The SMILES string of the molecule is C=CCNC(=S)Nc1sc2c(c1C(=O)OCC)CCCCCCCCCC2. The molecule has 0 amide bonds. The Morgan fingerprint density at radius 1 is 1.15 bits per heavy atom. The molecule has 0 saturated carbocycles. The highest BCUT2D eigenvalue weighted by atomic mass is 32.1. The smallest absolute Gasteiger partial charge is 0.341 e. The molecule has 0 aliphatic heterocycles. The maximum Gasteiger partial charge on any atom is 0.341 e. The standard InChI is InChI=1S/C21H32N2O2S2/c1-3-15-22-21(26)23-19-18(20(24)25-4-2)16-13-11-9-7-5-6-8-10-12-14-17(16)27-19/h3H,1,4-15H2,2H3,(H2,22,23,26). The molecule has 0 fully saturated rings. The fourth-order valence-electron chi connectivity index (χ4n) is 3.45. The molecule has 1 aromatic heterocycles. The molecule has 150 valence electrons. The summed E-state index contributed by atoms with van der Waals surface area (Å²) in [5.74, 6) is -0.240. The van der Waals surface area contributed by atoms with Gasteiger partial charge >= 0.3 is 5.97 Å². The summed E-state index contributed by atoms with van der Waals surface area (Å²) in [7, 11) is 0. The number of esters is 1. The number of hydrogen-bond acceptors (Lipinski definition) is 4. The van der Waals surface area contributed by atoms with E-state index in [0.29, 0.717) is 23.8 Å². The van der Waals surface area contributed by atoms with Gasteiger partial charge in [0.1, 0.15) is 5.00 Å². The molecule has 4 nitrogen and oxygen atoms in total. The van der Waals surface area contributed by atoms with Crippen molar-refractivity contribution in [2.45, 2.75) is 71.1 Å². The number of hydrogen-bond donors (Lipinski definition) is 2. The lowest BCUT2D eigenvalue weighted by Crippen LogP contribution is -2.28. The van der Waals surface area contributed by atoms with E-state index in [9.17, 15) is 4.79 Å². The van der Waals surface area contributed by atoms with Crippen molar-refractivity contribution in [3.63, 3.8) is 0 Å². The molecular weight excluding hydrogens is 376 g/mol. The highest BCUT2D eigenvalue weighted by molar-refractivity contribution is 7.80. The average molecular weight is 409 g/mol. The number of rotatable bonds is 5. The monoisotopic (exact) mass is 408 g/mol. The second kappa shape index (κ2) is 12.1. The molecule has 0 unspecified atom stereocenters. The highest BCUT2D eigenvalue weighted by Crippen LogP contribution is 2.37. The van der Waals surface area contributed by atoms with Crippen molar-refractivity contribution in [1.29, 1.82) is 0 Å². The Kier molecular flexibility index (Phi) is 9.84. The summed E-state index contributed by atoms with van der Waals surface area (Å²) in [6.07, 6.45) is 13.8. The van der Waals surface area contributed by atoms with Gasteiger partial charge in [-0.2, -0.15) is 0 Å². The molecule has 0 aromatic carbocycles. The van der Waals surface area contributed by atoms with Crippen LogP contribution in [-0.2, 0) is 17.6 Å². The van der Waals surface area contributed by atoms with Crippen molar-refractivity contribution >= 4 is 39.6 Å². The van der Waals surface area contributed by atoms with Crippen molar-refractivity contribution in [2.75, 3.05) is 18.5 Å². The van der Waals surface area contributed by atoms with Gasteiger partial charge in [0, 0.05) is 11.4 Å². The quantitative estimate of drug-likeness (QED) is 0.376. The molecule has 2 rings (SSSR count). The average Bonchev–Trinajstić information content (AvgIpc) is 2.97. The first kappa shape index (κ1) is 21.9. The van der Waals surface area contributed by atoms with Gasteiger partial charge in [-0.15, -0.1) is 17.9 Å². The Labute approximate surface area is 172 Å². The summed E-state index contributed by atoms with van der Waals surface area (Å²) < 4.78 is 5.38. The molecule has 0 radical (unpaired) electrons. The number of nitrogens with one attached hydrogen (secondary N) is 2. The number of aryl methyl sites for hydroxylation is 1. The van der Waals surface area contributed by atoms with Crippen LogP contribution in [0.4, 0.5) is 5.00 Å². The van der Waals surface area contributed by atoms with Crippen molar-refractivity contribution in [3.05, 3.63) is 28.7 Å². The first-order chi connectivity index (χ1) is 13.2. The zero-order valence-electron chi connectivity index (χ0n) is 16.4. The summed E-state index contributed by atoms with van der Waals surface area (Å²) in [5, 5.41) is 7.63. The Bertz CT molecular complexity index is 640. The number of fused-ring (bicyclic) bond motifs is 1. The molecule has 0 bridgehead atoms. The molecule has 6 heteroatoms. The van der Waals surface area contributed by atoms with Crippen LogP contribution in [0, 0.1) is 0 Å². The van der Waals surface area contributed by atoms with E-state index in [-0.39, 0.29) is 5.97 Å². The highest BCUT2D eigenvalue weighted by Gasteiger charge is 2.25. The van der Waals surface area contributed by atoms with Gasteiger partial charge in [0.25, 0.3) is 0 Å². The van der Waals surface area contributed by atoms with E-state index in [1.54, 1.807) is 17.4 Å². The second-order valence-electron chi connectivity index (χ2n) is 6.88. The van der Waals surface area contributed by atoms with E-state index < -0.39 is 0 Å². The van der Waals surface area contributed by atoms with Gasteiger partial charge in [0.05, 0.1) is 12.2 Å². The van der Waals surface area contributed by atoms with Gasteiger partial charge in [-0.1, -0.05) is 44.6 Å². The fourth-order valence-corrected chi connectivity index (χ4v) is 4.98. The van der Waals surface area contributed by atoms with Gasteiger partial charge in [-0.05, 0) is 50.4 Å². The number of thiophene rings is 1. The Balaban J connectivity index is 2.30. The first-order valence-electron chi connectivity index (χ1n) is 10.1. The molecule has 1 heterocycles. The van der Waals surface area contributed by atoms with Gasteiger partial charge in [-0.25, -0.2) is 4.79 Å². The van der Waals surface area contributed by atoms with Gasteiger partial charge in [0.2, 0.25) is 0 Å². The normalized spacial score (nSPS) is 15.6. The summed E-state index contributed by atoms with van der Waals surface area (Å²) in [6, 6.07) is 0. The van der Waals surface area contributed by atoms with Crippen LogP contribution in [0.5, 0.6) is 0 Å². The summed E-state index contributed by atoms with van der Waals surface area (Å²) in [5.41, 5.74) is 1.87. The molecule has 2 N–H and O–H groups in total. The van der Waals surface area contributed by atoms with E-state index in [2.05, 4.69) is 17.2 Å². The topological polar surface area (TPSA) is 50.4 Å². The van der Waals surface area contributed by atoms with Crippen molar-refractivity contribution < 1.29 is 9.53 Å². The first-order valence-corrected chi connectivity index (χ1v) is 11.4. The van der Waals surface area contributed by atoms with E-state index in [1.807, 2.05) is 6.92 Å². The van der Waals surface area contributed by atoms with Crippen LogP contribution < -0.4 is 10.6 Å². The molecule has 1 aliphatic rings. The van der Waals surface area contributed by atoms with E-state index in [1.165, 1.54) is 55.4 Å². The van der Waals surface area contributed by atoms with Crippen LogP contribution >= 0.6 is 23.6 Å². The minimum Gasteiger partial charge on any atom is -0.462 e. The van der Waals surface area contributed by atoms with Crippen LogP contribution in [0.2, 0.25) is 0 Å². The second-order valence-corrected chi connectivity index (χ2v) is 8.39. The van der Waals surface area contributed by atoms with Crippen LogP contribution in [0.15, 0.2) is 12.7 Å². The van der Waals surface area contributed by atoms with E-state index >= 15 is 0 Å². The molecule has 0 saturated heterocycles. The van der Waals surface area contributed by atoms with Gasteiger partial charge in [0.15, 0.2) is 5.11 Å². The van der Waals surface area contributed by atoms with Crippen molar-refractivity contribution in [1.82, 2.24) is 5.32 Å². The number of ether oxygens (including phenoxy) is 1. The maximum atomic E-state index is 12.7. The van der Waals surface area contributed by atoms with Crippen LogP contribution in [-0.4, -0.2) is 24.2 Å². The third kappa shape index (κ3) is 6.92. The molecule has 0 spiro atoms. The van der Waals surface area contributed by atoms with Crippen molar-refractivity contribution in [3.8, 4) is 0 Å². The molecular formula is C21H32N2O2S2. The predicted molar refractivity (Wildman–Crippen MR) is 119 cm³/mol. The lowest BCUT2D eigenvalue weighted by molar-refractivity contribution is 0.0526. The van der Waals surface area contributed by atoms with Crippen LogP contribution in [0.25, 0.3) is 0 Å². The number of anilines is 1. The molecule has 0 atom stereocenters. The third-order valence-corrected chi connectivity index (χ3v) is 6.24. The fraction of sp³-hybridized carbons (Fsp3) is 0.619. The van der Waals surface area contributed by atoms with E-state index in [4.69, 9.17) is 17.0 Å². The van der Waals surface area contributed by atoms with Crippen molar-refractivity contribution in [2.24, 2.45) is 0 Å². The van der Waals surface area contributed by atoms with Crippen LogP contribution in [0.3, 0.4) is 0 Å². The predicted octanol–water partition coefficient (Wildman–Crippen LogP) is 5.62. The summed E-state index contributed by atoms with van der Waals surface area (Å²) in [6.45, 7) is 6.51. The number of thiocarbonyl (C=S) groups is 1. The van der Waals surface area contributed by atoms with Gasteiger partial charge in [-0.3, -0.25) is 0 Å². The minimum absolute atomic E-state index is 0.240. The number of carbonyl (C=O) groups is 1. The van der Waals surface area contributed by atoms with Gasteiger partial charge < -0.3 is 15.4 Å². The van der Waals surface area contributed by atoms with Crippen LogP contribution in [0.1, 0.15) is 79.1 Å². The largest absolute Gasteiger partial charge is 0.462 e. The lowest BCUT2D eigenvalue weighted by Gasteiger charge is -2.11. The summed E-state index contributed by atoms with van der Waals surface area (Å²) >= 11 is 7.03. The van der Waals surface area contributed by atoms with E-state index in [0.717, 1.165) is 24.3 Å². The molecule has 27 heavy (non-hydrogen) atoms. The Morgan fingerprint density at radius 3 is 2.41 bits per heavy atom. The zero-order valence-corrected chi connectivity index (χ0v) is 18.0. The maximum absolute atomic E-state index is 12.7. The summed E-state index contributed by atoms with van der Waals surface area (Å²) in [4.78, 5) is 14.0.